The van der Waals surface area contributed by atoms with E-state index in [4.69, 9.17) is 4.74 Å². The minimum Gasteiger partial charge on any atom is -0.381 e. The predicted molar refractivity (Wildman–Crippen MR) is 88.1 cm³/mol. The SMILES string of the molecule is CCOCCc1nnc(NC(=O)CCCc2ccccc2)s1. The second-order valence-corrected chi connectivity index (χ2v) is 5.90. The Kier molecular flexibility index (Phi) is 6.99. The number of ether oxygens (including phenoxy) is 1. The van der Waals surface area contributed by atoms with Gasteiger partial charge in [-0.05, 0) is 25.3 Å². The number of aryl methyl sites for hydroxylation is 1. The van der Waals surface area contributed by atoms with Crippen molar-refractivity contribution in [3.05, 3.63) is 40.9 Å². The van der Waals surface area contributed by atoms with Crippen LogP contribution in [0.4, 0.5) is 5.13 Å². The molecule has 0 aliphatic carbocycles. The molecule has 0 radical (unpaired) electrons. The maximum absolute atomic E-state index is 11.9. The van der Waals surface area contributed by atoms with Crippen molar-refractivity contribution in [2.75, 3.05) is 18.5 Å². The number of carbonyl (C=O) groups is 1. The third-order valence-corrected chi connectivity index (χ3v) is 3.99. The number of nitrogens with zero attached hydrogens (tertiary/aromatic N) is 2. The fourth-order valence-electron chi connectivity index (χ4n) is 1.99. The number of amides is 1. The predicted octanol–water partition coefficient (Wildman–Crippen LogP) is 3.08. The summed E-state index contributed by atoms with van der Waals surface area (Å²) in [5.41, 5.74) is 1.25. The van der Waals surface area contributed by atoms with Gasteiger partial charge in [0, 0.05) is 19.4 Å². The van der Waals surface area contributed by atoms with E-state index < -0.39 is 0 Å². The second-order valence-electron chi connectivity index (χ2n) is 4.84. The highest BCUT2D eigenvalue weighted by Crippen LogP contribution is 2.16. The average Bonchev–Trinajstić information content (AvgIpc) is 2.96. The molecule has 22 heavy (non-hydrogen) atoms. The van der Waals surface area contributed by atoms with E-state index in [1.165, 1.54) is 16.9 Å². The third-order valence-electron chi connectivity index (χ3n) is 3.09. The van der Waals surface area contributed by atoms with Crippen molar-refractivity contribution in [2.45, 2.75) is 32.6 Å². The molecule has 118 valence electrons. The summed E-state index contributed by atoms with van der Waals surface area (Å²) in [6.07, 6.45) is 2.95. The lowest BCUT2D eigenvalue weighted by atomic mass is 10.1. The van der Waals surface area contributed by atoms with Gasteiger partial charge < -0.3 is 10.1 Å². The molecule has 0 bridgehead atoms. The molecule has 1 N–H and O–H groups in total. The van der Waals surface area contributed by atoms with Crippen molar-refractivity contribution >= 4 is 22.4 Å². The first-order valence-corrected chi connectivity index (χ1v) is 8.33. The zero-order valence-corrected chi connectivity index (χ0v) is 13.6. The molecular formula is C16H21N3O2S. The van der Waals surface area contributed by atoms with Gasteiger partial charge >= 0.3 is 0 Å². The number of nitrogens with one attached hydrogen (secondary N) is 1. The molecule has 1 heterocycles. The summed E-state index contributed by atoms with van der Waals surface area (Å²) in [6, 6.07) is 10.2. The van der Waals surface area contributed by atoms with Crippen LogP contribution in [-0.4, -0.2) is 29.3 Å². The van der Waals surface area contributed by atoms with E-state index in [9.17, 15) is 4.79 Å². The first-order chi connectivity index (χ1) is 10.8. The van der Waals surface area contributed by atoms with Crippen LogP contribution >= 0.6 is 11.3 Å². The van der Waals surface area contributed by atoms with Gasteiger partial charge in [-0.3, -0.25) is 4.79 Å². The van der Waals surface area contributed by atoms with E-state index in [0.717, 1.165) is 24.3 Å². The number of anilines is 1. The minimum absolute atomic E-state index is 0.0107. The van der Waals surface area contributed by atoms with Crippen molar-refractivity contribution in [1.82, 2.24) is 10.2 Å². The Labute approximate surface area is 134 Å². The lowest BCUT2D eigenvalue weighted by Gasteiger charge is -2.02. The number of aromatic nitrogens is 2. The number of benzene rings is 1. The first-order valence-electron chi connectivity index (χ1n) is 7.52. The smallest absolute Gasteiger partial charge is 0.226 e. The Bertz CT molecular complexity index is 572. The number of carbonyl (C=O) groups excluding carboxylic acids is 1. The van der Waals surface area contributed by atoms with Crippen LogP contribution in [0.1, 0.15) is 30.3 Å². The average molecular weight is 319 g/mol. The molecule has 6 heteroatoms. The largest absolute Gasteiger partial charge is 0.381 e. The summed E-state index contributed by atoms with van der Waals surface area (Å²) < 4.78 is 5.27. The molecule has 0 saturated heterocycles. The molecule has 5 nitrogen and oxygen atoms in total. The van der Waals surface area contributed by atoms with Crippen LogP contribution in [-0.2, 0) is 22.4 Å². The topological polar surface area (TPSA) is 64.1 Å². The van der Waals surface area contributed by atoms with Gasteiger partial charge in [0.1, 0.15) is 5.01 Å². The van der Waals surface area contributed by atoms with Crippen LogP contribution in [0.2, 0.25) is 0 Å². The Morgan fingerprint density at radius 1 is 1.23 bits per heavy atom. The van der Waals surface area contributed by atoms with Crippen LogP contribution < -0.4 is 5.32 Å². The fraction of sp³-hybridized carbons (Fsp3) is 0.438. The molecule has 0 aliphatic heterocycles. The molecule has 0 saturated carbocycles. The zero-order valence-electron chi connectivity index (χ0n) is 12.7. The van der Waals surface area contributed by atoms with Crippen molar-refractivity contribution in [1.29, 1.82) is 0 Å². The molecule has 0 fully saturated rings. The zero-order chi connectivity index (χ0) is 15.6. The van der Waals surface area contributed by atoms with Crippen LogP contribution in [0.3, 0.4) is 0 Å². The maximum atomic E-state index is 11.9. The summed E-state index contributed by atoms with van der Waals surface area (Å²) in [4.78, 5) is 11.9. The second kappa shape index (κ2) is 9.27. The van der Waals surface area contributed by atoms with Gasteiger partial charge in [0.05, 0.1) is 6.61 Å². The van der Waals surface area contributed by atoms with Crippen molar-refractivity contribution in [2.24, 2.45) is 0 Å². The van der Waals surface area contributed by atoms with E-state index in [2.05, 4.69) is 27.6 Å². The van der Waals surface area contributed by atoms with Gasteiger partial charge in [-0.15, -0.1) is 10.2 Å². The third kappa shape index (κ3) is 5.91. The Hall–Kier alpha value is -1.79. The van der Waals surface area contributed by atoms with E-state index in [1.54, 1.807) is 0 Å². The Morgan fingerprint density at radius 3 is 2.82 bits per heavy atom. The van der Waals surface area contributed by atoms with E-state index in [0.29, 0.717) is 24.8 Å². The summed E-state index contributed by atoms with van der Waals surface area (Å²) in [5, 5.41) is 12.3. The van der Waals surface area contributed by atoms with Gasteiger partial charge in [-0.25, -0.2) is 0 Å². The molecule has 0 spiro atoms. The van der Waals surface area contributed by atoms with Crippen LogP contribution in [0.5, 0.6) is 0 Å². The fourth-order valence-corrected chi connectivity index (χ4v) is 2.73. The van der Waals surface area contributed by atoms with Gasteiger partial charge in [0.15, 0.2) is 0 Å². The van der Waals surface area contributed by atoms with Gasteiger partial charge in [-0.2, -0.15) is 0 Å². The highest BCUT2D eigenvalue weighted by Gasteiger charge is 2.08. The van der Waals surface area contributed by atoms with Gasteiger partial charge in [-0.1, -0.05) is 41.7 Å². The van der Waals surface area contributed by atoms with E-state index in [-0.39, 0.29) is 5.91 Å². The van der Waals surface area contributed by atoms with Gasteiger partial charge in [0.25, 0.3) is 0 Å². The highest BCUT2D eigenvalue weighted by molar-refractivity contribution is 7.15. The minimum atomic E-state index is -0.0107. The number of rotatable bonds is 9. The van der Waals surface area contributed by atoms with Crippen LogP contribution in [0.25, 0.3) is 0 Å². The Balaban J connectivity index is 1.68. The monoisotopic (exact) mass is 319 g/mol. The van der Waals surface area contributed by atoms with Crippen molar-refractivity contribution in [3.8, 4) is 0 Å². The molecule has 2 rings (SSSR count). The normalized spacial score (nSPS) is 10.6. The summed E-state index contributed by atoms with van der Waals surface area (Å²) in [6.45, 7) is 3.29. The first kappa shape index (κ1) is 16.6. The number of hydrogen-bond donors (Lipinski definition) is 1. The molecular weight excluding hydrogens is 298 g/mol. The lowest BCUT2D eigenvalue weighted by Crippen LogP contribution is -2.11. The Morgan fingerprint density at radius 2 is 2.05 bits per heavy atom. The number of hydrogen-bond acceptors (Lipinski definition) is 5. The molecule has 0 atom stereocenters. The molecule has 0 aliphatic rings. The molecule has 1 aromatic heterocycles. The molecule has 0 unspecified atom stereocenters. The standard InChI is InChI=1S/C16H21N3O2S/c1-2-21-12-11-15-18-19-16(22-15)17-14(20)10-6-9-13-7-4-3-5-8-13/h3-5,7-8H,2,6,9-12H2,1H3,(H,17,19,20). The quantitative estimate of drug-likeness (QED) is 0.721. The highest BCUT2D eigenvalue weighted by atomic mass is 32.1. The summed E-state index contributed by atoms with van der Waals surface area (Å²) in [7, 11) is 0. The molecule has 1 aromatic carbocycles. The van der Waals surface area contributed by atoms with Gasteiger partial charge in [0.2, 0.25) is 11.0 Å². The maximum Gasteiger partial charge on any atom is 0.226 e. The summed E-state index contributed by atoms with van der Waals surface area (Å²) in [5.74, 6) is -0.0107. The van der Waals surface area contributed by atoms with E-state index in [1.807, 2.05) is 25.1 Å². The molecule has 2 aromatic rings. The van der Waals surface area contributed by atoms with E-state index >= 15 is 0 Å². The van der Waals surface area contributed by atoms with Crippen LogP contribution in [0, 0.1) is 0 Å². The summed E-state index contributed by atoms with van der Waals surface area (Å²) >= 11 is 1.41. The van der Waals surface area contributed by atoms with Crippen molar-refractivity contribution < 1.29 is 9.53 Å². The molecule has 1 amide bonds. The van der Waals surface area contributed by atoms with Crippen molar-refractivity contribution in [3.63, 3.8) is 0 Å². The lowest BCUT2D eigenvalue weighted by molar-refractivity contribution is -0.116. The van der Waals surface area contributed by atoms with Crippen LogP contribution in [0.15, 0.2) is 30.3 Å².